The predicted octanol–water partition coefficient (Wildman–Crippen LogP) is 2.15. The van der Waals surface area contributed by atoms with Crippen molar-refractivity contribution in [2.24, 2.45) is 11.8 Å². The van der Waals surface area contributed by atoms with Gasteiger partial charge in [-0.15, -0.1) is 0 Å². The first kappa shape index (κ1) is 10.0. The molecule has 1 saturated heterocycles. The fraction of sp³-hybridized carbons (Fsp3) is 1.00. The third kappa shape index (κ3) is 2.76. The Bertz CT molecular complexity index is 125. The van der Waals surface area contributed by atoms with E-state index in [-0.39, 0.29) is 0 Å². The van der Waals surface area contributed by atoms with Crippen LogP contribution < -0.4 is 5.84 Å². The standard InChI is InChI=1S/C10H22N2/c1-3-4-10-6-5-9(2)7-8-12(10)11/h9-10H,3-8,11H2,1-2H3. The number of hydrazine groups is 1. The van der Waals surface area contributed by atoms with Gasteiger partial charge in [0.25, 0.3) is 0 Å². The Balaban J connectivity index is 2.38. The van der Waals surface area contributed by atoms with Gasteiger partial charge in [-0.25, -0.2) is 5.01 Å². The van der Waals surface area contributed by atoms with Gasteiger partial charge in [0.05, 0.1) is 0 Å². The highest BCUT2D eigenvalue weighted by Gasteiger charge is 2.19. The topological polar surface area (TPSA) is 29.3 Å². The Kier molecular flexibility index (Phi) is 4.02. The second-order valence-corrected chi connectivity index (χ2v) is 4.15. The summed E-state index contributed by atoms with van der Waals surface area (Å²) in [5.74, 6) is 6.83. The van der Waals surface area contributed by atoms with Crippen LogP contribution in [-0.2, 0) is 0 Å². The van der Waals surface area contributed by atoms with E-state index in [4.69, 9.17) is 5.84 Å². The van der Waals surface area contributed by atoms with Crippen molar-refractivity contribution in [2.75, 3.05) is 6.54 Å². The van der Waals surface area contributed by atoms with E-state index in [0.29, 0.717) is 6.04 Å². The maximum atomic E-state index is 5.96. The lowest BCUT2D eigenvalue weighted by Gasteiger charge is -2.24. The average molecular weight is 170 g/mol. The van der Waals surface area contributed by atoms with Crippen molar-refractivity contribution in [1.82, 2.24) is 5.01 Å². The molecule has 0 bridgehead atoms. The van der Waals surface area contributed by atoms with Crippen molar-refractivity contribution < 1.29 is 0 Å². The highest BCUT2D eigenvalue weighted by atomic mass is 15.4. The van der Waals surface area contributed by atoms with Gasteiger partial charge in [-0.2, -0.15) is 0 Å². The van der Waals surface area contributed by atoms with Crippen LogP contribution in [0.25, 0.3) is 0 Å². The molecule has 1 aliphatic rings. The second-order valence-electron chi connectivity index (χ2n) is 4.15. The van der Waals surface area contributed by atoms with E-state index in [1.54, 1.807) is 0 Å². The van der Waals surface area contributed by atoms with E-state index in [2.05, 4.69) is 18.9 Å². The molecule has 2 heteroatoms. The zero-order valence-electron chi connectivity index (χ0n) is 8.42. The molecule has 1 rings (SSSR count). The number of hydrogen-bond donors (Lipinski definition) is 1. The van der Waals surface area contributed by atoms with Crippen molar-refractivity contribution in [3.63, 3.8) is 0 Å². The molecule has 0 radical (unpaired) electrons. The molecule has 1 heterocycles. The van der Waals surface area contributed by atoms with Gasteiger partial charge < -0.3 is 0 Å². The van der Waals surface area contributed by atoms with E-state index in [1.807, 2.05) is 0 Å². The van der Waals surface area contributed by atoms with E-state index in [9.17, 15) is 0 Å². The molecule has 2 nitrogen and oxygen atoms in total. The second kappa shape index (κ2) is 4.83. The maximum absolute atomic E-state index is 5.96. The SMILES string of the molecule is CCCC1CCC(C)CCN1N. The molecule has 0 spiro atoms. The van der Waals surface area contributed by atoms with Crippen LogP contribution in [0.3, 0.4) is 0 Å². The van der Waals surface area contributed by atoms with E-state index >= 15 is 0 Å². The van der Waals surface area contributed by atoms with Crippen LogP contribution in [0.4, 0.5) is 0 Å². The average Bonchev–Trinajstić information content (AvgIpc) is 2.20. The predicted molar refractivity (Wildman–Crippen MR) is 52.6 cm³/mol. The van der Waals surface area contributed by atoms with Crippen molar-refractivity contribution in [2.45, 2.75) is 52.0 Å². The number of nitrogens with two attached hydrogens (primary N) is 1. The number of rotatable bonds is 2. The summed E-state index contributed by atoms with van der Waals surface area (Å²) in [6.45, 7) is 5.66. The fourth-order valence-corrected chi connectivity index (χ4v) is 1.98. The van der Waals surface area contributed by atoms with E-state index < -0.39 is 0 Å². The molecule has 2 unspecified atom stereocenters. The van der Waals surface area contributed by atoms with Crippen LogP contribution in [0.1, 0.15) is 46.0 Å². The first-order valence-electron chi connectivity index (χ1n) is 5.25. The van der Waals surface area contributed by atoms with Gasteiger partial charge in [0.2, 0.25) is 0 Å². The molecule has 0 aromatic heterocycles. The summed E-state index contributed by atoms with van der Waals surface area (Å²) >= 11 is 0. The Labute approximate surface area is 76.1 Å². The zero-order valence-corrected chi connectivity index (χ0v) is 8.42. The van der Waals surface area contributed by atoms with Crippen LogP contribution in [0.15, 0.2) is 0 Å². The molecular formula is C10H22N2. The molecule has 0 amide bonds. The van der Waals surface area contributed by atoms with Crippen LogP contribution in [0, 0.1) is 5.92 Å². The molecule has 2 N–H and O–H groups in total. The van der Waals surface area contributed by atoms with Crippen LogP contribution in [-0.4, -0.2) is 17.6 Å². The first-order chi connectivity index (χ1) is 5.74. The van der Waals surface area contributed by atoms with Gasteiger partial charge in [-0.1, -0.05) is 20.3 Å². The van der Waals surface area contributed by atoms with Crippen molar-refractivity contribution >= 4 is 0 Å². The third-order valence-electron chi connectivity index (χ3n) is 2.96. The molecule has 12 heavy (non-hydrogen) atoms. The van der Waals surface area contributed by atoms with Gasteiger partial charge in [0.15, 0.2) is 0 Å². The third-order valence-corrected chi connectivity index (χ3v) is 2.96. The van der Waals surface area contributed by atoms with Crippen LogP contribution >= 0.6 is 0 Å². The molecule has 1 aliphatic heterocycles. The molecular weight excluding hydrogens is 148 g/mol. The number of hydrogen-bond acceptors (Lipinski definition) is 2. The number of nitrogens with zero attached hydrogens (tertiary/aromatic N) is 1. The highest BCUT2D eigenvalue weighted by Crippen LogP contribution is 2.21. The molecule has 0 aromatic rings. The Hall–Kier alpha value is -0.0800. The largest absolute Gasteiger partial charge is 0.269 e. The molecule has 0 saturated carbocycles. The Morgan fingerprint density at radius 2 is 2.08 bits per heavy atom. The van der Waals surface area contributed by atoms with Crippen molar-refractivity contribution in [3.05, 3.63) is 0 Å². The molecule has 2 atom stereocenters. The minimum Gasteiger partial charge on any atom is -0.269 e. The van der Waals surface area contributed by atoms with Crippen LogP contribution in [0.2, 0.25) is 0 Å². The monoisotopic (exact) mass is 170 g/mol. The van der Waals surface area contributed by atoms with Crippen LogP contribution in [0.5, 0.6) is 0 Å². The van der Waals surface area contributed by atoms with E-state index in [0.717, 1.165) is 12.5 Å². The molecule has 1 fully saturated rings. The van der Waals surface area contributed by atoms with Gasteiger partial charge in [0, 0.05) is 12.6 Å². The molecule has 0 aliphatic carbocycles. The van der Waals surface area contributed by atoms with Gasteiger partial charge in [0.1, 0.15) is 0 Å². The summed E-state index contributed by atoms with van der Waals surface area (Å²) in [6.07, 6.45) is 6.45. The molecule has 72 valence electrons. The summed E-state index contributed by atoms with van der Waals surface area (Å²) in [6, 6.07) is 0.653. The zero-order chi connectivity index (χ0) is 8.97. The minimum absolute atomic E-state index is 0.653. The first-order valence-corrected chi connectivity index (χ1v) is 5.25. The summed E-state index contributed by atoms with van der Waals surface area (Å²) < 4.78 is 0. The van der Waals surface area contributed by atoms with Gasteiger partial charge in [-0.3, -0.25) is 5.84 Å². The van der Waals surface area contributed by atoms with Crippen molar-refractivity contribution in [3.8, 4) is 0 Å². The quantitative estimate of drug-likeness (QED) is 0.643. The Morgan fingerprint density at radius 3 is 2.75 bits per heavy atom. The molecule has 0 aromatic carbocycles. The maximum Gasteiger partial charge on any atom is 0.0241 e. The summed E-state index contributed by atoms with van der Waals surface area (Å²) in [5.41, 5.74) is 0. The van der Waals surface area contributed by atoms with Crippen molar-refractivity contribution in [1.29, 1.82) is 0 Å². The summed E-state index contributed by atoms with van der Waals surface area (Å²) in [7, 11) is 0. The highest BCUT2D eigenvalue weighted by molar-refractivity contribution is 4.73. The lowest BCUT2D eigenvalue weighted by molar-refractivity contribution is 0.193. The minimum atomic E-state index is 0.653. The fourth-order valence-electron chi connectivity index (χ4n) is 1.98. The smallest absolute Gasteiger partial charge is 0.0241 e. The Morgan fingerprint density at radius 1 is 1.33 bits per heavy atom. The summed E-state index contributed by atoms with van der Waals surface area (Å²) in [5, 5.41) is 2.06. The normalized spacial score (nSPS) is 33.2. The summed E-state index contributed by atoms with van der Waals surface area (Å²) in [4.78, 5) is 0. The van der Waals surface area contributed by atoms with Gasteiger partial charge >= 0.3 is 0 Å². The lowest BCUT2D eigenvalue weighted by Crippen LogP contribution is -2.40. The van der Waals surface area contributed by atoms with Gasteiger partial charge in [-0.05, 0) is 31.6 Å². The lowest BCUT2D eigenvalue weighted by atomic mass is 10.00. The van der Waals surface area contributed by atoms with E-state index in [1.165, 1.54) is 32.1 Å².